The van der Waals surface area contributed by atoms with Crippen molar-refractivity contribution in [2.45, 2.75) is 59.9 Å². The first-order valence-corrected chi connectivity index (χ1v) is 41.7. The van der Waals surface area contributed by atoms with Gasteiger partial charge in [0, 0.05) is 285 Å². The van der Waals surface area contributed by atoms with E-state index in [2.05, 4.69) is 174 Å². The van der Waals surface area contributed by atoms with Gasteiger partial charge in [0.1, 0.15) is 5.82 Å². The van der Waals surface area contributed by atoms with E-state index in [-0.39, 0.29) is 262 Å². The molecular formula is C87H74BrClFIN30O12Y6-6. The van der Waals surface area contributed by atoms with Gasteiger partial charge in [-0.25, -0.2) is 69.6 Å². The molecule has 18 rings (SSSR count). The summed E-state index contributed by atoms with van der Waals surface area (Å²) in [6.45, 7) is 5.24. The average molecular weight is 2530 g/mol. The molecule has 0 atom stereocenters. The molecule has 0 bridgehead atoms. The maximum Gasteiger partial charge on any atom is 0.368 e. The third-order valence-corrected chi connectivity index (χ3v) is 21.0. The number of aryl methyl sites for hydroxylation is 8. The van der Waals surface area contributed by atoms with Crippen molar-refractivity contribution in [2.75, 3.05) is 0 Å². The minimum atomic E-state index is -0.497. The smallest absolute Gasteiger partial charge is 0.368 e. The SMILES string of the molecule is CCc1cccc(-n2nnn(C)c2=O)c1COc1c[c-]cnc1.Cc1cccc(-n2nnn(C)c2=O)c1COc1c[c-]cnc1.Cn1nnn(-c2cccc(Br)c2COc2c[c-]cnc2)c1=O.Cn1nnn(-c2cccc(Cl)c2COc2c[c-]cnc2)c1=O.Cn1nnn(-c2cccc(F)c2COc2c[c-]cnc2)c1=O.Cn1nnn(-c2cccc(I)c2COc2c[c-]cnc2)c1=O.[Y].[Y].[Y].[Y].[Y].[Y]. The maximum absolute atomic E-state index is 14.1. The quantitative estimate of drug-likeness (QED) is 0.0395. The monoisotopic (exact) mass is 2520 g/mol. The fourth-order valence-electron chi connectivity index (χ4n) is 12.0. The van der Waals surface area contributed by atoms with Crippen LogP contribution in [0.25, 0.3) is 34.1 Å². The molecule has 12 aromatic heterocycles. The Hall–Kier alpha value is -9.71. The summed E-state index contributed by atoms with van der Waals surface area (Å²) >= 11 is 11.9. The van der Waals surface area contributed by atoms with E-state index in [1.807, 2.05) is 73.7 Å². The Balaban J connectivity index is 0.000000225. The molecule has 0 spiro atoms. The van der Waals surface area contributed by atoms with Crippen molar-refractivity contribution < 1.29 is 229 Å². The third-order valence-electron chi connectivity index (χ3n) is 18.8. The van der Waals surface area contributed by atoms with Crippen LogP contribution in [0.4, 0.5) is 4.39 Å². The minimum Gasteiger partial charge on any atom is -0.573 e. The van der Waals surface area contributed by atoms with Crippen molar-refractivity contribution >= 4 is 50.1 Å². The standard InChI is InChI=1S/C16H16N5O2.C15H14N5O2.C14H11BrN5O2.C14H11ClN5O2.C14H11FN5O2.C14H11IN5O2.6Y/c1-3-12-6-4-8-15(21-16(22)20(2)18-19-21)14(12)11-23-13-7-5-9-17-10-13;1-11-5-3-7-14(20-15(21)19(2)17-18-20)13(11)10-22-12-6-4-8-16-9-12;4*1-19-14(21)20(18-17-19)13-6-2-5-12(15)11(13)9-22-10-4-3-7-16-8-10;;;;;;/h4,6-10H,3,11H2,1-2H3;3,5-9H,10H2,1-2H3;4*2,4-8H,9H2,1H3;;;;;;/q6*-1;;;;;;. The van der Waals surface area contributed by atoms with Crippen LogP contribution in [0.15, 0.2) is 253 Å². The van der Waals surface area contributed by atoms with Crippen LogP contribution in [-0.2, 0) is 285 Å². The summed E-state index contributed by atoms with van der Waals surface area (Å²) in [4.78, 5) is 95.8. The number of halogens is 4. The molecule has 139 heavy (non-hydrogen) atoms. The van der Waals surface area contributed by atoms with Crippen LogP contribution >= 0.6 is 50.1 Å². The van der Waals surface area contributed by atoms with Gasteiger partial charge in [-0.15, -0.1) is 0 Å². The molecule has 6 radical (unpaired) electrons. The van der Waals surface area contributed by atoms with Gasteiger partial charge in [0.05, 0.1) is 73.8 Å². The number of pyridine rings is 6. The van der Waals surface area contributed by atoms with Gasteiger partial charge in [-0.2, -0.15) is 92.6 Å². The van der Waals surface area contributed by atoms with Gasteiger partial charge in [-0.3, -0.25) is 0 Å². The van der Waals surface area contributed by atoms with Crippen LogP contribution in [0.1, 0.15) is 51.4 Å². The second-order valence-corrected chi connectivity index (χ2v) is 30.0. The first-order valence-electron chi connectivity index (χ1n) is 39.4. The predicted molar refractivity (Wildman–Crippen MR) is 484 cm³/mol. The van der Waals surface area contributed by atoms with Crippen molar-refractivity contribution in [1.29, 1.82) is 0 Å². The Morgan fingerprint density at radius 2 is 0.576 bits per heavy atom. The maximum atomic E-state index is 14.1. The number of hydrogen-bond acceptors (Lipinski definition) is 30. The second-order valence-electron chi connectivity index (χ2n) is 27.5. The van der Waals surface area contributed by atoms with E-state index >= 15 is 0 Å². The number of rotatable bonds is 25. The van der Waals surface area contributed by atoms with E-state index in [0.29, 0.717) is 86.7 Å². The third kappa shape index (κ3) is 31.2. The molecule has 0 saturated carbocycles. The van der Waals surface area contributed by atoms with E-state index < -0.39 is 11.5 Å². The Kier molecular flexibility index (Phi) is 48.5. The van der Waals surface area contributed by atoms with Crippen molar-refractivity contribution in [3.05, 3.63) is 383 Å². The number of aromatic nitrogens is 30. The summed E-state index contributed by atoms with van der Waals surface area (Å²) in [5.41, 5.74) is 7.69. The van der Waals surface area contributed by atoms with Crippen molar-refractivity contribution in [3.63, 3.8) is 0 Å². The van der Waals surface area contributed by atoms with Gasteiger partial charge >= 0.3 is 34.1 Å². The van der Waals surface area contributed by atoms with Crippen LogP contribution < -0.4 is 62.6 Å². The van der Waals surface area contributed by atoms with Crippen LogP contribution in [0.3, 0.4) is 0 Å². The molecule has 52 heteroatoms. The second kappa shape index (κ2) is 58.0. The molecule has 18 aromatic rings. The molecule has 0 aliphatic heterocycles. The fourth-order valence-corrected chi connectivity index (χ4v) is 13.3. The summed E-state index contributed by atoms with van der Waals surface area (Å²) in [6, 6.07) is 59.1. The number of nitrogens with zero attached hydrogens (tertiary/aromatic N) is 30. The summed E-state index contributed by atoms with van der Waals surface area (Å²) in [7, 11) is 9.22. The fraction of sp³-hybridized carbons (Fsp3) is 0.172. The molecule has 0 N–H and O–H groups in total. The van der Waals surface area contributed by atoms with Gasteiger partial charge in [0.2, 0.25) is 0 Å². The van der Waals surface area contributed by atoms with E-state index in [4.69, 9.17) is 40.0 Å². The minimum absolute atomic E-state index is 0. The predicted octanol–water partition coefficient (Wildman–Crippen LogP) is 7.46. The first kappa shape index (κ1) is 116. The zero-order valence-electron chi connectivity index (χ0n) is 75.0. The molecule has 0 aliphatic carbocycles. The topological polar surface area (TPSA) is 449 Å². The molecule has 12 heterocycles. The molecule has 0 fully saturated rings. The van der Waals surface area contributed by atoms with Crippen LogP contribution in [-0.4, -0.2) is 149 Å². The molecule has 696 valence electrons. The van der Waals surface area contributed by atoms with Gasteiger partial charge in [0.15, 0.2) is 0 Å². The van der Waals surface area contributed by atoms with Crippen LogP contribution in [0.5, 0.6) is 34.5 Å². The summed E-state index contributed by atoms with van der Waals surface area (Å²) in [6.07, 6.45) is 19.6. The average Bonchev–Trinajstić information content (AvgIpc) is 1.74. The Morgan fingerprint density at radius 3 is 0.899 bits per heavy atom. The number of benzene rings is 6. The molecule has 0 unspecified atom stereocenters. The number of tetrazole rings is 6. The molecule has 0 aliphatic rings. The van der Waals surface area contributed by atoms with Crippen molar-refractivity contribution in [1.82, 2.24) is 149 Å². The number of hydrogen-bond donors (Lipinski definition) is 0. The first-order chi connectivity index (χ1) is 64.5. The largest absolute Gasteiger partial charge is 0.573 e. The van der Waals surface area contributed by atoms with Crippen LogP contribution in [0.2, 0.25) is 5.02 Å². The summed E-state index contributed by atoms with van der Waals surface area (Å²) in [5, 5.41) is 45.9. The van der Waals surface area contributed by atoms with Gasteiger partial charge < -0.3 is 58.3 Å². The molecule has 6 aromatic carbocycles. The van der Waals surface area contributed by atoms with Gasteiger partial charge in [-0.05, 0) is 242 Å². The van der Waals surface area contributed by atoms with E-state index in [9.17, 15) is 33.2 Å². The Labute approximate surface area is 968 Å². The summed E-state index contributed by atoms with van der Waals surface area (Å²) in [5.74, 6) is 2.94. The molecule has 42 nitrogen and oxygen atoms in total. The van der Waals surface area contributed by atoms with Gasteiger partial charge in [0.25, 0.3) is 0 Å². The van der Waals surface area contributed by atoms with Crippen LogP contribution in [0, 0.1) is 52.7 Å². The Morgan fingerprint density at radius 1 is 0.324 bits per heavy atom. The zero-order chi connectivity index (χ0) is 93.9. The molecule has 0 saturated heterocycles. The normalized spacial score (nSPS) is 10.2. The van der Waals surface area contributed by atoms with Gasteiger partial charge in [-0.1, -0.05) is 120 Å². The van der Waals surface area contributed by atoms with E-state index in [1.165, 1.54) is 87.0 Å². The molecule has 0 amide bonds. The Bertz CT molecular complexity index is 6510. The van der Waals surface area contributed by atoms with Crippen molar-refractivity contribution in [3.8, 4) is 68.6 Å². The summed E-state index contributed by atoms with van der Waals surface area (Å²) < 4.78 is 64.1. The van der Waals surface area contributed by atoms with Crippen molar-refractivity contribution in [2.24, 2.45) is 42.3 Å². The number of ether oxygens (including phenoxy) is 6. The van der Waals surface area contributed by atoms with E-state index in [1.54, 1.807) is 151 Å². The zero-order valence-corrected chi connectivity index (χ0v) is 96.6. The molecular weight excluding hydrogens is 2450 g/mol. The van der Waals surface area contributed by atoms with E-state index in [0.717, 1.165) is 61.9 Å².